The Labute approximate surface area is 162 Å². The lowest BCUT2D eigenvalue weighted by molar-refractivity contribution is 0.781. The number of thiocarbonyl (C=S) groups is 1. The number of hydrogen-bond donors (Lipinski definition) is 2. The summed E-state index contributed by atoms with van der Waals surface area (Å²) in [6, 6.07) is 17.8. The van der Waals surface area contributed by atoms with E-state index in [0.717, 1.165) is 28.3 Å². The van der Waals surface area contributed by atoms with E-state index < -0.39 is 0 Å². The van der Waals surface area contributed by atoms with E-state index in [2.05, 4.69) is 34.9 Å². The molecule has 26 heavy (non-hydrogen) atoms. The maximum atomic E-state index is 6.15. The molecule has 0 saturated heterocycles. The quantitative estimate of drug-likeness (QED) is 0.635. The Bertz CT molecular complexity index is 994. The highest BCUT2D eigenvalue weighted by Gasteiger charge is 2.28. The zero-order chi connectivity index (χ0) is 18.1. The molecule has 1 atom stereocenters. The van der Waals surface area contributed by atoms with Crippen molar-refractivity contribution in [1.29, 1.82) is 0 Å². The van der Waals surface area contributed by atoms with Gasteiger partial charge in [-0.3, -0.25) is 0 Å². The first-order valence-corrected chi connectivity index (χ1v) is 9.06. The lowest BCUT2D eigenvalue weighted by Crippen LogP contribution is -2.37. The zero-order valence-electron chi connectivity index (χ0n) is 14.1. The van der Waals surface area contributed by atoms with E-state index >= 15 is 0 Å². The first kappa shape index (κ1) is 16.8. The van der Waals surface area contributed by atoms with Crippen LogP contribution in [0.4, 0.5) is 5.82 Å². The van der Waals surface area contributed by atoms with Gasteiger partial charge < -0.3 is 10.6 Å². The van der Waals surface area contributed by atoms with Gasteiger partial charge in [0.2, 0.25) is 0 Å². The first-order valence-electron chi connectivity index (χ1n) is 8.28. The van der Waals surface area contributed by atoms with E-state index in [1.54, 1.807) is 0 Å². The van der Waals surface area contributed by atoms with Gasteiger partial charge in [-0.15, -0.1) is 0 Å². The molecule has 1 aromatic heterocycles. The van der Waals surface area contributed by atoms with Crippen molar-refractivity contribution in [3.63, 3.8) is 0 Å². The lowest BCUT2D eigenvalue weighted by atomic mass is 10.0. The highest BCUT2D eigenvalue weighted by atomic mass is 35.5. The van der Waals surface area contributed by atoms with Gasteiger partial charge in [-0.1, -0.05) is 60.2 Å². The third-order valence-corrected chi connectivity index (χ3v) is 4.72. The standard InChI is InChI=1S/C20H17ClN4S/c1-13-18-17(11-10-14-6-3-2-4-7-14)22-20(26)23-19(18)25(24-13)16-9-5-8-15(21)12-16/h2-12,17H,1H3,(H2,22,23,26)/b11-10+. The van der Waals surface area contributed by atoms with Crippen molar-refractivity contribution in [2.45, 2.75) is 13.0 Å². The number of anilines is 1. The van der Waals surface area contributed by atoms with Gasteiger partial charge in [0.1, 0.15) is 5.82 Å². The van der Waals surface area contributed by atoms with Crippen LogP contribution in [-0.2, 0) is 0 Å². The van der Waals surface area contributed by atoms with Gasteiger partial charge in [0.15, 0.2) is 5.11 Å². The van der Waals surface area contributed by atoms with Gasteiger partial charge >= 0.3 is 0 Å². The Morgan fingerprint density at radius 3 is 2.73 bits per heavy atom. The van der Waals surface area contributed by atoms with E-state index in [4.69, 9.17) is 28.9 Å². The van der Waals surface area contributed by atoms with E-state index in [0.29, 0.717) is 10.1 Å². The van der Waals surface area contributed by atoms with Crippen LogP contribution in [0.15, 0.2) is 60.7 Å². The molecule has 0 amide bonds. The van der Waals surface area contributed by atoms with Gasteiger partial charge in [-0.2, -0.15) is 5.10 Å². The molecule has 6 heteroatoms. The Balaban J connectivity index is 1.76. The van der Waals surface area contributed by atoms with Crippen LogP contribution in [0, 0.1) is 6.92 Å². The molecule has 1 aliphatic rings. The summed E-state index contributed by atoms with van der Waals surface area (Å²) in [6.45, 7) is 2.00. The Morgan fingerprint density at radius 2 is 1.96 bits per heavy atom. The number of fused-ring (bicyclic) bond motifs is 1. The van der Waals surface area contributed by atoms with Crippen LogP contribution in [0.1, 0.15) is 22.9 Å². The number of aryl methyl sites for hydroxylation is 1. The van der Waals surface area contributed by atoms with E-state index in [1.807, 2.05) is 54.1 Å². The molecule has 2 heterocycles. The molecular weight excluding hydrogens is 364 g/mol. The molecule has 4 rings (SSSR count). The molecule has 1 unspecified atom stereocenters. The Kier molecular flexibility index (Phi) is 4.49. The predicted octanol–water partition coefficient (Wildman–Crippen LogP) is 4.89. The minimum atomic E-state index is -0.0492. The molecule has 0 saturated carbocycles. The Morgan fingerprint density at radius 1 is 1.15 bits per heavy atom. The fourth-order valence-corrected chi connectivity index (χ4v) is 3.51. The molecule has 0 aliphatic carbocycles. The monoisotopic (exact) mass is 380 g/mol. The van der Waals surface area contributed by atoms with Crippen molar-refractivity contribution >= 4 is 40.8 Å². The second-order valence-corrected chi connectivity index (χ2v) is 6.93. The average Bonchev–Trinajstić information content (AvgIpc) is 2.97. The van der Waals surface area contributed by atoms with Crippen molar-refractivity contribution in [1.82, 2.24) is 15.1 Å². The smallest absolute Gasteiger partial charge is 0.172 e. The van der Waals surface area contributed by atoms with Crippen LogP contribution in [0.5, 0.6) is 0 Å². The Hall–Kier alpha value is -2.63. The van der Waals surface area contributed by atoms with Gasteiger partial charge in [0, 0.05) is 10.6 Å². The summed E-state index contributed by atoms with van der Waals surface area (Å²) in [5, 5.41) is 12.5. The van der Waals surface area contributed by atoms with Crippen molar-refractivity contribution < 1.29 is 0 Å². The summed E-state index contributed by atoms with van der Waals surface area (Å²) in [7, 11) is 0. The maximum absolute atomic E-state index is 6.15. The minimum absolute atomic E-state index is 0.0492. The summed E-state index contributed by atoms with van der Waals surface area (Å²) < 4.78 is 1.85. The highest BCUT2D eigenvalue weighted by Crippen LogP contribution is 2.33. The molecule has 2 aromatic carbocycles. The SMILES string of the molecule is Cc1nn(-c2cccc(Cl)c2)c2c1C(/C=C/c1ccccc1)NC(=S)N2. The number of aromatic nitrogens is 2. The van der Waals surface area contributed by atoms with E-state index in [1.165, 1.54) is 0 Å². The van der Waals surface area contributed by atoms with Crippen LogP contribution in [0.2, 0.25) is 5.02 Å². The van der Waals surface area contributed by atoms with Gasteiger partial charge in [0.25, 0.3) is 0 Å². The maximum Gasteiger partial charge on any atom is 0.172 e. The lowest BCUT2D eigenvalue weighted by Gasteiger charge is -2.25. The van der Waals surface area contributed by atoms with Crippen molar-refractivity contribution in [2.75, 3.05) is 5.32 Å². The second kappa shape index (κ2) is 6.94. The molecular formula is C20H17ClN4S. The predicted molar refractivity (Wildman–Crippen MR) is 111 cm³/mol. The molecule has 0 spiro atoms. The zero-order valence-corrected chi connectivity index (χ0v) is 15.7. The number of hydrogen-bond acceptors (Lipinski definition) is 2. The number of halogens is 1. The fourth-order valence-electron chi connectivity index (χ4n) is 3.10. The molecule has 3 aromatic rings. The minimum Gasteiger partial charge on any atom is -0.352 e. The molecule has 0 bridgehead atoms. The molecule has 130 valence electrons. The van der Waals surface area contributed by atoms with Crippen molar-refractivity contribution in [3.05, 3.63) is 82.5 Å². The van der Waals surface area contributed by atoms with E-state index in [-0.39, 0.29) is 6.04 Å². The number of benzene rings is 2. The normalized spacial score (nSPS) is 16.2. The molecule has 2 N–H and O–H groups in total. The third kappa shape index (κ3) is 3.23. The third-order valence-electron chi connectivity index (χ3n) is 4.27. The second-order valence-electron chi connectivity index (χ2n) is 6.09. The largest absolute Gasteiger partial charge is 0.352 e. The first-order chi connectivity index (χ1) is 12.6. The van der Waals surface area contributed by atoms with Crippen LogP contribution >= 0.6 is 23.8 Å². The van der Waals surface area contributed by atoms with Gasteiger partial charge in [-0.25, -0.2) is 4.68 Å². The summed E-state index contributed by atoms with van der Waals surface area (Å²) in [5.41, 5.74) is 4.04. The summed E-state index contributed by atoms with van der Waals surface area (Å²) in [6.07, 6.45) is 4.20. The topological polar surface area (TPSA) is 41.9 Å². The van der Waals surface area contributed by atoms with Crippen LogP contribution in [-0.4, -0.2) is 14.9 Å². The van der Waals surface area contributed by atoms with Crippen LogP contribution in [0.25, 0.3) is 11.8 Å². The summed E-state index contributed by atoms with van der Waals surface area (Å²) >= 11 is 11.6. The molecule has 4 nitrogen and oxygen atoms in total. The number of nitrogens with one attached hydrogen (secondary N) is 2. The van der Waals surface area contributed by atoms with Crippen molar-refractivity contribution in [3.8, 4) is 5.69 Å². The summed E-state index contributed by atoms with van der Waals surface area (Å²) in [5.74, 6) is 0.872. The molecule has 0 radical (unpaired) electrons. The fraction of sp³-hybridized carbons (Fsp3) is 0.100. The summed E-state index contributed by atoms with van der Waals surface area (Å²) in [4.78, 5) is 0. The average molecular weight is 381 g/mol. The van der Waals surface area contributed by atoms with Crippen LogP contribution < -0.4 is 10.6 Å². The van der Waals surface area contributed by atoms with Crippen molar-refractivity contribution in [2.24, 2.45) is 0 Å². The number of rotatable bonds is 3. The molecule has 1 aliphatic heterocycles. The number of nitrogens with zero attached hydrogens (tertiary/aromatic N) is 2. The molecule has 0 fully saturated rings. The van der Waals surface area contributed by atoms with E-state index in [9.17, 15) is 0 Å². The van der Waals surface area contributed by atoms with Gasteiger partial charge in [0.05, 0.1) is 17.4 Å². The van der Waals surface area contributed by atoms with Crippen LogP contribution in [0.3, 0.4) is 0 Å². The van der Waals surface area contributed by atoms with Gasteiger partial charge in [-0.05, 0) is 42.9 Å². The highest BCUT2D eigenvalue weighted by molar-refractivity contribution is 7.80.